The number of anilines is 1. The van der Waals surface area contributed by atoms with Crippen molar-refractivity contribution < 1.29 is 22.7 Å². The molecule has 1 atom stereocenters. The first kappa shape index (κ1) is 20.0. The Balaban J connectivity index is 1.70. The second kappa shape index (κ2) is 8.52. The molecule has 8 heteroatoms. The van der Waals surface area contributed by atoms with Crippen LogP contribution in [0.25, 0.3) is 0 Å². The zero-order chi connectivity index (χ0) is 20.1. The average Bonchev–Trinajstić information content (AvgIpc) is 2.72. The van der Waals surface area contributed by atoms with Gasteiger partial charge in [-0.2, -0.15) is 0 Å². The molecule has 0 aromatic heterocycles. The molecule has 1 aliphatic heterocycles. The molecule has 0 saturated carbocycles. The summed E-state index contributed by atoms with van der Waals surface area (Å²) < 4.78 is 37.4. The molecule has 0 radical (unpaired) electrons. The van der Waals surface area contributed by atoms with Crippen molar-refractivity contribution in [2.24, 2.45) is 0 Å². The van der Waals surface area contributed by atoms with E-state index in [-0.39, 0.29) is 18.2 Å². The number of fused-ring (bicyclic) bond motifs is 1. The van der Waals surface area contributed by atoms with E-state index in [9.17, 15) is 13.2 Å². The van der Waals surface area contributed by atoms with Crippen molar-refractivity contribution in [2.45, 2.75) is 26.5 Å². The summed E-state index contributed by atoms with van der Waals surface area (Å²) in [5, 5.41) is 2.81. The minimum atomic E-state index is -3.52. The number of nitrogens with zero attached hydrogens (tertiary/aromatic N) is 1. The van der Waals surface area contributed by atoms with Gasteiger partial charge in [-0.25, -0.2) is 8.42 Å². The van der Waals surface area contributed by atoms with Crippen molar-refractivity contribution in [3.8, 4) is 11.5 Å². The van der Waals surface area contributed by atoms with Gasteiger partial charge in [-0.15, -0.1) is 0 Å². The lowest BCUT2D eigenvalue weighted by molar-refractivity contribution is -0.127. The molecule has 1 heterocycles. The summed E-state index contributed by atoms with van der Waals surface area (Å²) in [6.07, 6.45) is -0.918. The lowest BCUT2D eigenvalue weighted by Crippen LogP contribution is -2.50. The standard InChI is InChI=1S/C20H24N2O5S/c1-3-26-16-11-9-15(10-12-16)13-21-20(23)19-14-22(28(24,25)4-2)17-7-5-6-8-18(17)27-19/h5-12,19H,3-4,13-14H2,1-2H3,(H,21,23)/t19-/m1/s1. The fourth-order valence-corrected chi connectivity index (χ4v) is 4.06. The molecule has 0 saturated heterocycles. The highest BCUT2D eigenvalue weighted by atomic mass is 32.2. The van der Waals surface area contributed by atoms with Crippen LogP contribution in [0.2, 0.25) is 0 Å². The number of rotatable bonds is 7. The first-order chi connectivity index (χ1) is 13.4. The van der Waals surface area contributed by atoms with E-state index >= 15 is 0 Å². The number of carbonyl (C=O) groups excluding carboxylic acids is 1. The summed E-state index contributed by atoms with van der Waals surface area (Å²) in [6, 6.07) is 14.3. The highest BCUT2D eigenvalue weighted by Crippen LogP contribution is 2.35. The molecule has 150 valence electrons. The van der Waals surface area contributed by atoms with Gasteiger partial charge in [0.05, 0.1) is 24.6 Å². The third-order valence-corrected chi connectivity index (χ3v) is 6.18. The lowest BCUT2D eigenvalue weighted by Gasteiger charge is -2.34. The van der Waals surface area contributed by atoms with Crippen molar-refractivity contribution in [1.82, 2.24) is 5.32 Å². The highest BCUT2D eigenvalue weighted by Gasteiger charge is 2.35. The van der Waals surface area contributed by atoms with Gasteiger partial charge in [-0.1, -0.05) is 24.3 Å². The Kier molecular flexibility index (Phi) is 6.08. The van der Waals surface area contributed by atoms with Crippen molar-refractivity contribution in [3.05, 3.63) is 54.1 Å². The maximum absolute atomic E-state index is 12.6. The maximum Gasteiger partial charge on any atom is 0.263 e. The van der Waals surface area contributed by atoms with Crippen molar-refractivity contribution in [2.75, 3.05) is 23.2 Å². The van der Waals surface area contributed by atoms with Crippen molar-refractivity contribution in [1.29, 1.82) is 0 Å². The van der Waals surface area contributed by atoms with Crippen LogP contribution in [0.3, 0.4) is 0 Å². The van der Waals surface area contributed by atoms with Crippen LogP contribution in [-0.2, 0) is 21.4 Å². The van der Waals surface area contributed by atoms with Crippen LogP contribution in [0.1, 0.15) is 19.4 Å². The van der Waals surface area contributed by atoms with Crippen LogP contribution in [0.5, 0.6) is 11.5 Å². The molecule has 1 aliphatic rings. The Hall–Kier alpha value is -2.74. The van der Waals surface area contributed by atoms with Gasteiger partial charge in [0.2, 0.25) is 10.0 Å². The number of hydrogen-bond acceptors (Lipinski definition) is 5. The fourth-order valence-electron chi connectivity index (χ4n) is 2.93. The van der Waals surface area contributed by atoms with E-state index in [1.807, 2.05) is 31.2 Å². The molecule has 0 bridgehead atoms. The van der Waals surface area contributed by atoms with E-state index in [4.69, 9.17) is 9.47 Å². The average molecular weight is 404 g/mol. The Bertz CT molecular complexity index is 928. The van der Waals surface area contributed by atoms with Crippen molar-refractivity contribution in [3.63, 3.8) is 0 Å². The number of carbonyl (C=O) groups is 1. The normalized spacial score (nSPS) is 16.1. The number of benzene rings is 2. The molecule has 7 nitrogen and oxygen atoms in total. The summed E-state index contributed by atoms with van der Waals surface area (Å²) in [5.41, 5.74) is 1.37. The van der Waals surface area contributed by atoms with Gasteiger partial charge in [-0.05, 0) is 43.7 Å². The van der Waals surface area contributed by atoms with E-state index in [0.717, 1.165) is 11.3 Å². The van der Waals surface area contributed by atoms with Crippen LogP contribution in [0.15, 0.2) is 48.5 Å². The van der Waals surface area contributed by atoms with Crippen LogP contribution in [-0.4, -0.2) is 39.3 Å². The number of para-hydroxylation sites is 2. The smallest absolute Gasteiger partial charge is 0.263 e. The molecule has 1 amide bonds. The van der Waals surface area contributed by atoms with E-state index in [1.54, 1.807) is 31.2 Å². The van der Waals surface area contributed by atoms with Gasteiger partial charge in [0.1, 0.15) is 11.5 Å². The molecule has 2 aromatic rings. The SMILES string of the molecule is CCOc1ccc(CNC(=O)[C@H]2CN(S(=O)(=O)CC)c3ccccc3O2)cc1. The van der Waals surface area contributed by atoms with Crippen LogP contribution < -0.4 is 19.1 Å². The van der Waals surface area contributed by atoms with Crippen molar-refractivity contribution >= 4 is 21.6 Å². The van der Waals surface area contributed by atoms with Gasteiger partial charge in [0.15, 0.2) is 6.10 Å². The molecule has 2 aromatic carbocycles. The molecule has 0 spiro atoms. The second-order valence-electron chi connectivity index (χ2n) is 6.30. The van der Waals surface area contributed by atoms with Gasteiger partial charge in [0, 0.05) is 6.54 Å². The molecule has 0 aliphatic carbocycles. The van der Waals surface area contributed by atoms with E-state index in [2.05, 4.69) is 5.32 Å². The van der Waals surface area contributed by atoms with Gasteiger partial charge >= 0.3 is 0 Å². The predicted molar refractivity (Wildman–Crippen MR) is 107 cm³/mol. The molecule has 0 fully saturated rings. The summed E-state index contributed by atoms with van der Waals surface area (Å²) in [6.45, 7) is 4.34. The first-order valence-electron chi connectivity index (χ1n) is 9.20. The number of nitrogens with one attached hydrogen (secondary N) is 1. The molecule has 1 N–H and O–H groups in total. The van der Waals surface area contributed by atoms with E-state index in [1.165, 1.54) is 4.31 Å². The van der Waals surface area contributed by atoms with Crippen LogP contribution >= 0.6 is 0 Å². The van der Waals surface area contributed by atoms with E-state index in [0.29, 0.717) is 24.6 Å². The maximum atomic E-state index is 12.6. The summed E-state index contributed by atoms with van der Waals surface area (Å²) >= 11 is 0. The van der Waals surface area contributed by atoms with Crippen LogP contribution in [0, 0.1) is 0 Å². The Labute approximate surface area is 165 Å². The molecule has 0 unspecified atom stereocenters. The molecule has 28 heavy (non-hydrogen) atoms. The molecular weight excluding hydrogens is 380 g/mol. The van der Waals surface area contributed by atoms with Gasteiger partial charge in [0.25, 0.3) is 5.91 Å². The molecular formula is C20H24N2O5S. The Morgan fingerprint density at radius 3 is 2.57 bits per heavy atom. The summed E-state index contributed by atoms with van der Waals surface area (Å²) in [5.74, 6) is 0.735. The number of sulfonamides is 1. The van der Waals surface area contributed by atoms with Gasteiger partial charge in [-0.3, -0.25) is 9.10 Å². The third-order valence-electron chi connectivity index (χ3n) is 4.43. The van der Waals surface area contributed by atoms with Crippen LogP contribution in [0.4, 0.5) is 5.69 Å². The number of amides is 1. The monoisotopic (exact) mass is 404 g/mol. The van der Waals surface area contributed by atoms with E-state index < -0.39 is 16.1 Å². The minimum Gasteiger partial charge on any atom is -0.494 e. The fraction of sp³-hybridized carbons (Fsp3) is 0.350. The lowest BCUT2D eigenvalue weighted by atomic mass is 10.2. The predicted octanol–water partition coefficient (Wildman–Crippen LogP) is 2.32. The number of hydrogen-bond donors (Lipinski definition) is 1. The Morgan fingerprint density at radius 1 is 1.18 bits per heavy atom. The quantitative estimate of drug-likeness (QED) is 0.766. The Morgan fingerprint density at radius 2 is 1.89 bits per heavy atom. The largest absolute Gasteiger partial charge is 0.494 e. The second-order valence-corrected chi connectivity index (χ2v) is 8.48. The first-order valence-corrected chi connectivity index (χ1v) is 10.8. The minimum absolute atomic E-state index is 0.0533. The zero-order valence-electron chi connectivity index (χ0n) is 15.9. The zero-order valence-corrected chi connectivity index (χ0v) is 16.7. The summed E-state index contributed by atoms with van der Waals surface area (Å²) in [7, 11) is -3.52. The molecule has 3 rings (SSSR count). The summed E-state index contributed by atoms with van der Waals surface area (Å²) in [4.78, 5) is 12.6. The van der Waals surface area contributed by atoms with Gasteiger partial charge < -0.3 is 14.8 Å². The number of ether oxygens (including phenoxy) is 2. The topological polar surface area (TPSA) is 84.9 Å². The third kappa shape index (κ3) is 4.39. The highest BCUT2D eigenvalue weighted by molar-refractivity contribution is 7.92.